The second-order valence-corrected chi connectivity index (χ2v) is 3.09. The molecule has 0 atom stereocenters. The molecule has 0 aliphatic heterocycles. The molecular weight excluding hydrogens is 180 g/mol. The molecule has 14 heavy (non-hydrogen) atoms. The van der Waals surface area contributed by atoms with E-state index in [-0.39, 0.29) is 11.6 Å². The van der Waals surface area contributed by atoms with Gasteiger partial charge in [0.15, 0.2) is 0 Å². The highest BCUT2D eigenvalue weighted by Crippen LogP contribution is 2.00. The number of ketones is 2. The molecule has 0 unspecified atom stereocenters. The van der Waals surface area contributed by atoms with E-state index >= 15 is 0 Å². The average molecular weight is 198 g/mol. The van der Waals surface area contributed by atoms with Gasteiger partial charge in [0, 0.05) is 32.8 Å². The summed E-state index contributed by atoms with van der Waals surface area (Å²) in [6.45, 7) is 2.32. The number of ether oxygens (including phenoxy) is 1. The highest BCUT2D eigenvalue weighted by molar-refractivity contribution is 5.86. The Morgan fingerprint density at radius 3 is 2.36 bits per heavy atom. The van der Waals surface area contributed by atoms with Crippen molar-refractivity contribution in [3.63, 3.8) is 0 Å². The van der Waals surface area contributed by atoms with E-state index in [2.05, 4.69) is 0 Å². The Balaban J connectivity index is 3.50. The van der Waals surface area contributed by atoms with E-state index in [4.69, 9.17) is 4.74 Å². The van der Waals surface area contributed by atoms with Gasteiger partial charge in [0.1, 0.15) is 11.6 Å². The Morgan fingerprint density at radius 1 is 1.14 bits per heavy atom. The molecule has 0 aliphatic rings. The third kappa shape index (κ3) is 7.68. The molecule has 0 radical (unpaired) electrons. The summed E-state index contributed by atoms with van der Waals surface area (Å²) in [7, 11) is 1.56. The molecule has 0 bridgehead atoms. The molecule has 0 N–H and O–H groups in total. The van der Waals surface area contributed by atoms with E-state index in [1.54, 1.807) is 7.11 Å². The third-order valence-corrected chi connectivity index (χ3v) is 1.85. The van der Waals surface area contributed by atoms with Gasteiger partial charge >= 0.3 is 0 Å². The lowest BCUT2D eigenvalue weighted by Gasteiger charge is -1.98. The Hall–Kier alpha value is -0.960. The molecule has 3 nitrogen and oxygen atoms in total. The van der Waals surface area contributed by atoms with Gasteiger partial charge in [0.25, 0.3) is 0 Å². The Kier molecular flexibility index (Phi) is 8.04. The molecule has 3 heteroatoms. The van der Waals surface area contributed by atoms with Crippen molar-refractivity contribution in [1.82, 2.24) is 0 Å². The first-order valence-corrected chi connectivity index (χ1v) is 4.84. The Morgan fingerprint density at radius 2 is 1.79 bits per heavy atom. The predicted molar refractivity (Wildman–Crippen MR) is 55.2 cm³/mol. The molecule has 0 saturated carbocycles. The zero-order chi connectivity index (χ0) is 10.8. The zero-order valence-electron chi connectivity index (χ0n) is 8.91. The fourth-order valence-corrected chi connectivity index (χ4v) is 0.971. The van der Waals surface area contributed by atoms with E-state index in [1.807, 2.05) is 19.1 Å². The summed E-state index contributed by atoms with van der Waals surface area (Å²) in [6.07, 6.45) is 5.20. The quantitative estimate of drug-likeness (QED) is 0.559. The van der Waals surface area contributed by atoms with Gasteiger partial charge in [-0.15, -0.1) is 0 Å². The zero-order valence-corrected chi connectivity index (χ0v) is 8.91. The van der Waals surface area contributed by atoms with Crippen molar-refractivity contribution < 1.29 is 14.3 Å². The molecule has 0 aromatic carbocycles. The number of hydrogen-bond acceptors (Lipinski definition) is 3. The van der Waals surface area contributed by atoms with Crippen molar-refractivity contribution in [2.45, 2.75) is 32.6 Å². The van der Waals surface area contributed by atoms with Crippen LogP contribution in [-0.4, -0.2) is 25.3 Å². The number of allylic oxidation sites excluding steroid dienone is 2. The molecule has 0 aromatic rings. The lowest BCUT2D eigenvalue weighted by Crippen LogP contribution is -2.05. The monoisotopic (exact) mass is 198 g/mol. The molecule has 0 saturated heterocycles. The van der Waals surface area contributed by atoms with Gasteiger partial charge in [-0.3, -0.25) is 9.59 Å². The fraction of sp³-hybridized carbons (Fsp3) is 0.636. The number of carbonyl (C=O) groups excluding carboxylic acids is 2. The van der Waals surface area contributed by atoms with E-state index in [0.29, 0.717) is 32.3 Å². The standard InChI is InChI=1S/C11H18O3/c1-3-4-5-10(12)6-7-11(13)8-9-14-2/h3-4H,5-9H2,1-2H3. The van der Waals surface area contributed by atoms with E-state index in [1.165, 1.54) is 0 Å². The second-order valence-electron chi connectivity index (χ2n) is 3.09. The van der Waals surface area contributed by atoms with Gasteiger partial charge < -0.3 is 4.74 Å². The number of methoxy groups -OCH3 is 1. The van der Waals surface area contributed by atoms with Gasteiger partial charge in [0.2, 0.25) is 0 Å². The fourth-order valence-electron chi connectivity index (χ4n) is 0.971. The minimum absolute atomic E-state index is 0.0979. The van der Waals surface area contributed by atoms with Gasteiger partial charge in [-0.2, -0.15) is 0 Å². The van der Waals surface area contributed by atoms with Crippen LogP contribution in [0.5, 0.6) is 0 Å². The van der Waals surface area contributed by atoms with E-state index in [9.17, 15) is 9.59 Å². The Labute approximate surface area is 85.1 Å². The van der Waals surface area contributed by atoms with Crippen LogP contribution in [-0.2, 0) is 14.3 Å². The maximum Gasteiger partial charge on any atom is 0.137 e. The van der Waals surface area contributed by atoms with Crippen LogP contribution < -0.4 is 0 Å². The molecule has 0 aromatic heterocycles. The first kappa shape index (κ1) is 13.0. The van der Waals surface area contributed by atoms with Crippen molar-refractivity contribution in [3.8, 4) is 0 Å². The first-order valence-electron chi connectivity index (χ1n) is 4.84. The number of carbonyl (C=O) groups is 2. The number of rotatable bonds is 8. The van der Waals surface area contributed by atoms with Crippen molar-refractivity contribution in [3.05, 3.63) is 12.2 Å². The maximum absolute atomic E-state index is 11.1. The lowest BCUT2D eigenvalue weighted by molar-refractivity contribution is -0.124. The molecule has 0 aliphatic carbocycles. The van der Waals surface area contributed by atoms with Gasteiger partial charge in [-0.25, -0.2) is 0 Å². The SMILES string of the molecule is CC=CCC(=O)CCC(=O)CCOC. The van der Waals surface area contributed by atoms with Crippen LogP contribution in [0.25, 0.3) is 0 Å². The van der Waals surface area contributed by atoms with Crippen LogP contribution in [0.15, 0.2) is 12.2 Å². The summed E-state index contributed by atoms with van der Waals surface area (Å²) in [5, 5.41) is 0. The summed E-state index contributed by atoms with van der Waals surface area (Å²) in [5.74, 6) is 0.217. The van der Waals surface area contributed by atoms with Crippen molar-refractivity contribution in [2.75, 3.05) is 13.7 Å². The van der Waals surface area contributed by atoms with E-state index < -0.39 is 0 Å². The van der Waals surface area contributed by atoms with Gasteiger partial charge in [-0.05, 0) is 6.92 Å². The van der Waals surface area contributed by atoms with Crippen molar-refractivity contribution in [1.29, 1.82) is 0 Å². The Bertz CT molecular complexity index is 207. The number of hydrogen-bond donors (Lipinski definition) is 0. The van der Waals surface area contributed by atoms with Crippen LogP contribution in [0.4, 0.5) is 0 Å². The molecule has 0 fully saturated rings. The summed E-state index contributed by atoms with van der Waals surface area (Å²) in [4.78, 5) is 22.3. The summed E-state index contributed by atoms with van der Waals surface area (Å²) in [5.41, 5.74) is 0. The molecule has 80 valence electrons. The topological polar surface area (TPSA) is 43.4 Å². The lowest BCUT2D eigenvalue weighted by atomic mass is 10.1. The highest BCUT2D eigenvalue weighted by atomic mass is 16.5. The van der Waals surface area contributed by atoms with Crippen LogP contribution in [0.1, 0.15) is 32.6 Å². The van der Waals surface area contributed by atoms with Crippen LogP contribution in [0.2, 0.25) is 0 Å². The smallest absolute Gasteiger partial charge is 0.137 e. The van der Waals surface area contributed by atoms with Crippen molar-refractivity contribution in [2.24, 2.45) is 0 Å². The molecular formula is C11H18O3. The summed E-state index contributed by atoms with van der Waals surface area (Å²) in [6, 6.07) is 0. The third-order valence-electron chi connectivity index (χ3n) is 1.85. The van der Waals surface area contributed by atoms with E-state index in [0.717, 1.165) is 0 Å². The summed E-state index contributed by atoms with van der Waals surface area (Å²) >= 11 is 0. The minimum atomic E-state index is 0.0979. The largest absolute Gasteiger partial charge is 0.384 e. The second kappa shape index (κ2) is 8.63. The molecule has 0 rings (SSSR count). The molecule has 0 heterocycles. The highest BCUT2D eigenvalue weighted by Gasteiger charge is 2.05. The van der Waals surface area contributed by atoms with Crippen LogP contribution in [0.3, 0.4) is 0 Å². The van der Waals surface area contributed by atoms with Crippen molar-refractivity contribution >= 4 is 11.6 Å². The normalized spacial score (nSPS) is 10.7. The average Bonchev–Trinajstić information content (AvgIpc) is 2.20. The van der Waals surface area contributed by atoms with Crippen LogP contribution in [0, 0.1) is 0 Å². The van der Waals surface area contributed by atoms with Crippen LogP contribution >= 0.6 is 0 Å². The first-order chi connectivity index (χ1) is 6.70. The maximum atomic E-state index is 11.1. The molecule has 0 amide bonds. The van der Waals surface area contributed by atoms with Gasteiger partial charge in [0.05, 0.1) is 6.61 Å². The summed E-state index contributed by atoms with van der Waals surface area (Å²) < 4.78 is 4.77. The predicted octanol–water partition coefficient (Wildman–Crippen LogP) is 1.91. The molecule has 0 spiro atoms. The van der Waals surface area contributed by atoms with Gasteiger partial charge in [-0.1, -0.05) is 12.2 Å². The minimum Gasteiger partial charge on any atom is -0.384 e. The number of Topliss-reactive ketones (excluding diaryl/α,β-unsaturated/α-hetero) is 2.